The predicted molar refractivity (Wildman–Crippen MR) is 148 cm³/mol. The summed E-state index contributed by atoms with van der Waals surface area (Å²) < 4.78 is 42.6. The van der Waals surface area contributed by atoms with Crippen molar-refractivity contribution in [3.05, 3.63) is 117 Å². The van der Waals surface area contributed by atoms with Gasteiger partial charge in [0.15, 0.2) is 0 Å². The van der Waals surface area contributed by atoms with Crippen LogP contribution in [-0.4, -0.2) is 0 Å². The van der Waals surface area contributed by atoms with E-state index in [0.29, 0.717) is 29.4 Å². The van der Waals surface area contributed by atoms with Crippen LogP contribution in [0.2, 0.25) is 5.02 Å². The summed E-state index contributed by atoms with van der Waals surface area (Å²) in [6.45, 7) is 2.23. The Morgan fingerprint density at radius 2 is 1.32 bits per heavy atom. The summed E-state index contributed by atoms with van der Waals surface area (Å²) in [6.07, 6.45) is 8.10. The first-order valence-electron chi connectivity index (χ1n) is 12.9. The molecule has 0 unspecified atom stereocenters. The zero-order chi connectivity index (χ0) is 26.2. The molecule has 4 rings (SSSR count). The highest BCUT2D eigenvalue weighted by Gasteiger charge is 2.11. The molecule has 0 saturated carbocycles. The van der Waals surface area contributed by atoms with Gasteiger partial charge in [-0.15, -0.1) is 0 Å². The number of hydrogen-bond donors (Lipinski definition) is 0. The lowest BCUT2D eigenvalue weighted by molar-refractivity contribution is 0.579. The van der Waals surface area contributed by atoms with Gasteiger partial charge in [-0.2, -0.15) is 0 Å². The largest absolute Gasteiger partial charge is 0.206 e. The van der Waals surface area contributed by atoms with Crippen LogP contribution in [0.25, 0.3) is 10.8 Å². The molecule has 0 spiro atoms. The van der Waals surface area contributed by atoms with Gasteiger partial charge >= 0.3 is 0 Å². The van der Waals surface area contributed by atoms with Crippen molar-refractivity contribution in [3.63, 3.8) is 0 Å². The summed E-state index contributed by atoms with van der Waals surface area (Å²) in [5, 5.41) is 0.736. The Morgan fingerprint density at radius 1 is 0.649 bits per heavy atom. The first kappa shape index (κ1) is 26.8. The van der Waals surface area contributed by atoms with Crippen LogP contribution in [-0.2, 0) is 19.3 Å². The third-order valence-corrected chi connectivity index (χ3v) is 7.00. The van der Waals surface area contributed by atoms with Gasteiger partial charge in [0.25, 0.3) is 0 Å². The van der Waals surface area contributed by atoms with Crippen LogP contribution in [0.5, 0.6) is 0 Å². The Balaban J connectivity index is 1.41. The first-order chi connectivity index (χ1) is 17.9. The zero-order valence-corrected chi connectivity index (χ0v) is 21.8. The van der Waals surface area contributed by atoms with Crippen molar-refractivity contribution < 1.29 is 13.2 Å². The fraction of sp³-hybridized carbons (Fsp3) is 0.273. The molecule has 0 aliphatic carbocycles. The van der Waals surface area contributed by atoms with Crippen molar-refractivity contribution in [2.24, 2.45) is 0 Å². The second kappa shape index (κ2) is 12.8. The maximum Gasteiger partial charge on any atom is 0.145 e. The van der Waals surface area contributed by atoms with Crippen LogP contribution in [0, 0.1) is 29.3 Å². The Kier molecular flexibility index (Phi) is 9.31. The van der Waals surface area contributed by atoms with Gasteiger partial charge in [0.05, 0.1) is 0 Å². The van der Waals surface area contributed by atoms with Crippen LogP contribution >= 0.6 is 11.6 Å². The van der Waals surface area contributed by atoms with E-state index < -0.39 is 16.7 Å². The normalized spacial score (nSPS) is 10.9. The minimum absolute atomic E-state index is 0.300. The first-order valence-corrected chi connectivity index (χ1v) is 13.3. The summed E-state index contributed by atoms with van der Waals surface area (Å²) in [4.78, 5) is 0. The number of aryl methyl sites for hydroxylation is 3. The molecule has 0 atom stereocenters. The number of halogens is 4. The van der Waals surface area contributed by atoms with Crippen LogP contribution < -0.4 is 0 Å². The molecule has 0 fully saturated rings. The molecule has 4 heteroatoms. The number of hydrogen-bond acceptors (Lipinski definition) is 0. The van der Waals surface area contributed by atoms with Gasteiger partial charge in [-0.3, -0.25) is 0 Å². The second-order valence-electron chi connectivity index (χ2n) is 9.46. The highest BCUT2D eigenvalue weighted by atomic mass is 35.5. The van der Waals surface area contributed by atoms with E-state index >= 15 is 4.39 Å². The molecule has 0 nitrogen and oxygen atoms in total. The molecule has 37 heavy (non-hydrogen) atoms. The van der Waals surface area contributed by atoms with E-state index in [1.807, 2.05) is 18.2 Å². The number of fused-ring (bicyclic) bond motifs is 1. The standard InChI is InChI=1S/C33H30ClF3/c1-2-3-4-5-6-7-23-8-10-24(11-9-23)12-13-25-15-19-29-28(20-25)18-17-27(33(29)37)16-14-26-21-30(35)32(34)31(36)22-26/h8-11,15,17-22H,2-7,14,16H2,1H3. The Hall–Kier alpha value is -3.22. The van der Waals surface area contributed by atoms with Gasteiger partial charge in [-0.25, -0.2) is 13.2 Å². The molecule has 4 aromatic rings. The number of benzene rings is 4. The quantitative estimate of drug-likeness (QED) is 0.117. The molecule has 0 amide bonds. The molecule has 4 aromatic carbocycles. The van der Waals surface area contributed by atoms with Crippen LogP contribution in [0.15, 0.2) is 66.7 Å². The topological polar surface area (TPSA) is 0 Å². The van der Waals surface area contributed by atoms with E-state index in [-0.39, 0.29) is 5.82 Å². The Bertz CT molecular complexity index is 1410. The van der Waals surface area contributed by atoms with Gasteiger partial charge in [-0.1, -0.05) is 86.4 Å². The fourth-order valence-electron chi connectivity index (χ4n) is 4.47. The second-order valence-corrected chi connectivity index (χ2v) is 9.84. The third-order valence-electron chi connectivity index (χ3n) is 6.63. The van der Waals surface area contributed by atoms with Crippen molar-refractivity contribution in [2.75, 3.05) is 0 Å². The number of unbranched alkanes of at least 4 members (excludes halogenated alkanes) is 4. The van der Waals surface area contributed by atoms with E-state index in [0.717, 1.165) is 22.9 Å². The lowest BCUT2D eigenvalue weighted by Crippen LogP contribution is -1.98. The van der Waals surface area contributed by atoms with Crippen molar-refractivity contribution in [1.82, 2.24) is 0 Å². The van der Waals surface area contributed by atoms with Gasteiger partial charge in [0.2, 0.25) is 0 Å². The average molecular weight is 519 g/mol. The molecule has 0 N–H and O–H groups in total. The van der Waals surface area contributed by atoms with Gasteiger partial charge in [-0.05, 0) is 84.2 Å². The average Bonchev–Trinajstić information content (AvgIpc) is 2.90. The van der Waals surface area contributed by atoms with Crippen LogP contribution in [0.4, 0.5) is 13.2 Å². The summed E-state index contributed by atoms with van der Waals surface area (Å²) in [6, 6.07) is 19.8. The highest BCUT2D eigenvalue weighted by molar-refractivity contribution is 6.30. The van der Waals surface area contributed by atoms with E-state index in [1.54, 1.807) is 12.1 Å². The van der Waals surface area contributed by atoms with Gasteiger partial charge < -0.3 is 0 Å². The van der Waals surface area contributed by atoms with E-state index in [4.69, 9.17) is 11.6 Å². The smallest absolute Gasteiger partial charge is 0.145 e. The molecule has 0 aromatic heterocycles. The monoisotopic (exact) mass is 518 g/mol. The predicted octanol–water partition coefficient (Wildman–Crippen LogP) is 9.61. The molecule has 190 valence electrons. The molecule has 0 heterocycles. The van der Waals surface area contributed by atoms with Crippen molar-refractivity contribution >= 4 is 22.4 Å². The maximum absolute atomic E-state index is 15.2. The van der Waals surface area contributed by atoms with Crippen molar-refractivity contribution in [1.29, 1.82) is 0 Å². The molecular weight excluding hydrogens is 489 g/mol. The van der Waals surface area contributed by atoms with Crippen molar-refractivity contribution in [2.45, 2.75) is 58.3 Å². The summed E-state index contributed by atoms with van der Waals surface area (Å²) in [7, 11) is 0. The van der Waals surface area contributed by atoms with Gasteiger partial charge in [0.1, 0.15) is 22.5 Å². The molecule has 0 saturated heterocycles. The van der Waals surface area contributed by atoms with E-state index in [1.165, 1.54) is 49.8 Å². The molecule has 0 radical (unpaired) electrons. The summed E-state index contributed by atoms with van der Waals surface area (Å²) in [5.74, 6) is 4.44. The minimum Gasteiger partial charge on any atom is -0.206 e. The van der Waals surface area contributed by atoms with Crippen molar-refractivity contribution in [3.8, 4) is 11.8 Å². The SMILES string of the molecule is CCCCCCCc1ccc(C#Cc2ccc3c(F)c(CCc4cc(F)c(Cl)c(F)c4)ccc3c2)cc1. The van der Waals surface area contributed by atoms with E-state index in [9.17, 15) is 8.78 Å². The van der Waals surface area contributed by atoms with Gasteiger partial charge in [0, 0.05) is 16.5 Å². The Labute approximate surface area is 222 Å². The summed E-state index contributed by atoms with van der Waals surface area (Å²) in [5.41, 5.74) is 4.03. The third kappa shape index (κ3) is 7.18. The summed E-state index contributed by atoms with van der Waals surface area (Å²) >= 11 is 5.54. The molecule has 0 aliphatic rings. The highest BCUT2D eigenvalue weighted by Crippen LogP contribution is 2.25. The molecule has 0 aliphatic heterocycles. The minimum atomic E-state index is -0.807. The van der Waals surface area contributed by atoms with Crippen LogP contribution in [0.1, 0.15) is 66.8 Å². The fourth-order valence-corrected chi connectivity index (χ4v) is 4.58. The zero-order valence-electron chi connectivity index (χ0n) is 21.0. The molecule has 0 bridgehead atoms. The lowest BCUT2D eigenvalue weighted by atomic mass is 9.99. The Morgan fingerprint density at radius 3 is 2.05 bits per heavy atom. The lowest BCUT2D eigenvalue weighted by Gasteiger charge is -2.08. The maximum atomic E-state index is 15.2. The molecular formula is C33H30ClF3. The van der Waals surface area contributed by atoms with Crippen LogP contribution in [0.3, 0.4) is 0 Å². The number of rotatable bonds is 9. The van der Waals surface area contributed by atoms with E-state index in [2.05, 4.69) is 43.0 Å².